The molecule has 0 radical (unpaired) electrons. The van der Waals surface area contributed by atoms with Gasteiger partial charge >= 0.3 is 5.97 Å². The van der Waals surface area contributed by atoms with E-state index in [9.17, 15) is 9.59 Å². The Morgan fingerprint density at radius 1 is 1.15 bits per heavy atom. The monoisotopic (exact) mass is 387 g/mol. The van der Waals surface area contributed by atoms with Crippen LogP contribution in [0.3, 0.4) is 0 Å². The number of aryl methyl sites for hydroxylation is 1. The van der Waals surface area contributed by atoms with Crippen LogP contribution in [-0.4, -0.2) is 25.1 Å². The van der Waals surface area contributed by atoms with Crippen molar-refractivity contribution in [1.29, 1.82) is 0 Å². The molecule has 1 aliphatic carbocycles. The number of ether oxygens (including phenoxy) is 2. The zero-order valence-electron chi connectivity index (χ0n) is 15.2. The number of amides is 1. The highest BCUT2D eigenvalue weighted by atomic mass is 35.5. The fourth-order valence-corrected chi connectivity index (χ4v) is 3.45. The number of nitrogens with one attached hydrogen (secondary N) is 1. The third-order valence-corrected chi connectivity index (χ3v) is 4.77. The summed E-state index contributed by atoms with van der Waals surface area (Å²) in [6.07, 6.45) is 4.38. The molecular formula is C21H22ClNO4. The third-order valence-electron chi connectivity index (χ3n) is 4.46. The van der Waals surface area contributed by atoms with E-state index >= 15 is 0 Å². The lowest BCUT2D eigenvalue weighted by atomic mass is 9.91. The number of carbonyl (C=O) groups is 2. The molecule has 2 aromatic carbocycles. The van der Waals surface area contributed by atoms with Gasteiger partial charge < -0.3 is 14.8 Å². The van der Waals surface area contributed by atoms with E-state index in [1.807, 2.05) is 12.1 Å². The number of fused-ring (bicyclic) bond motifs is 1. The SMILES string of the molecule is CCOC(=O)c1ccc(NC(=O)COc2cccc3c2CCCC3)cc1Cl. The number of hydrogen-bond acceptors (Lipinski definition) is 4. The van der Waals surface area contributed by atoms with Gasteiger partial charge in [-0.2, -0.15) is 0 Å². The van der Waals surface area contributed by atoms with Crippen molar-refractivity contribution in [2.45, 2.75) is 32.6 Å². The standard InChI is InChI=1S/C21H22ClNO4/c1-2-26-21(25)17-11-10-15(12-18(17)22)23-20(24)13-27-19-9-5-7-14-6-3-4-8-16(14)19/h5,7,9-12H,2-4,6,8,13H2,1H3,(H,23,24). The molecule has 5 nitrogen and oxygen atoms in total. The molecule has 1 N–H and O–H groups in total. The average Bonchev–Trinajstić information content (AvgIpc) is 2.66. The summed E-state index contributed by atoms with van der Waals surface area (Å²) in [5.41, 5.74) is 3.28. The van der Waals surface area contributed by atoms with Gasteiger partial charge in [0.1, 0.15) is 5.75 Å². The Hall–Kier alpha value is -2.53. The van der Waals surface area contributed by atoms with Crippen molar-refractivity contribution >= 4 is 29.2 Å². The Morgan fingerprint density at radius 2 is 1.96 bits per heavy atom. The number of halogens is 1. The van der Waals surface area contributed by atoms with Crippen LogP contribution in [0.1, 0.15) is 41.3 Å². The van der Waals surface area contributed by atoms with Crippen LogP contribution in [0.25, 0.3) is 0 Å². The van der Waals surface area contributed by atoms with Crippen LogP contribution >= 0.6 is 11.6 Å². The van der Waals surface area contributed by atoms with Crippen LogP contribution in [0, 0.1) is 0 Å². The van der Waals surface area contributed by atoms with Crippen molar-refractivity contribution in [3.8, 4) is 5.75 Å². The minimum Gasteiger partial charge on any atom is -0.483 e. The lowest BCUT2D eigenvalue weighted by Crippen LogP contribution is -2.21. The molecule has 1 amide bonds. The van der Waals surface area contributed by atoms with Crippen molar-refractivity contribution in [3.05, 3.63) is 58.1 Å². The quantitative estimate of drug-likeness (QED) is 0.745. The minimum absolute atomic E-state index is 0.0896. The zero-order chi connectivity index (χ0) is 19.2. The van der Waals surface area contributed by atoms with E-state index in [2.05, 4.69) is 11.4 Å². The molecule has 0 unspecified atom stereocenters. The van der Waals surface area contributed by atoms with E-state index < -0.39 is 5.97 Å². The zero-order valence-corrected chi connectivity index (χ0v) is 16.0. The van der Waals surface area contributed by atoms with Gasteiger partial charge in [-0.1, -0.05) is 23.7 Å². The molecule has 1 aliphatic rings. The molecule has 0 atom stereocenters. The van der Waals surface area contributed by atoms with Gasteiger partial charge in [0.25, 0.3) is 5.91 Å². The van der Waals surface area contributed by atoms with Gasteiger partial charge in [0, 0.05) is 5.69 Å². The molecule has 6 heteroatoms. The Balaban J connectivity index is 1.60. The normalized spacial score (nSPS) is 12.8. The first-order valence-electron chi connectivity index (χ1n) is 9.08. The molecule has 0 saturated carbocycles. The van der Waals surface area contributed by atoms with Gasteiger partial charge in [-0.15, -0.1) is 0 Å². The highest BCUT2D eigenvalue weighted by molar-refractivity contribution is 6.34. The van der Waals surface area contributed by atoms with Gasteiger partial charge in [0.2, 0.25) is 0 Å². The summed E-state index contributed by atoms with van der Waals surface area (Å²) in [5.74, 6) is -0.000957. The van der Waals surface area contributed by atoms with Crippen molar-refractivity contribution < 1.29 is 19.1 Å². The second kappa shape index (κ2) is 8.91. The molecule has 27 heavy (non-hydrogen) atoms. The van der Waals surface area contributed by atoms with Crippen molar-refractivity contribution in [1.82, 2.24) is 0 Å². The molecule has 2 aromatic rings. The van der Waals surface area contributed by atoms with Crippen LogP contribution < -0.4 is 10.1 Å². The Bertz CT molecular complexity index is 850. The molecule has 142 valence electrons. The van der Waals surface area contributed by atoms with E-state index in [0.717, 1.165) is 25.0 Å². The first kappa shape index (κ1) is 19.2. The number of carbonyl (C=O) groups excluding carboxylic acids is 2. The van der Waals surface area contributed by atoms with E-state index in [4.69, 9.17) is 21.1 Å². The van der Waals surface area contributed by atoms with Gasteiger partial charge in [-0.05, 0) is 68.0 Å². The first-order valence-corrected chi connectivity index (χ1v) is 9.46. The van der Waals surface area contributed by atoms with E-state index in [1.54, 1.807) is 13.0 Å². The third kappa shape index (κ3) is 4.80. The minimum atomic E-state index is -0.488. The number of benzene rings is 2. The fourth-order valence-electron chi connectivity index (χ4n) is 3.19. The fraction of sp³-hybridized carbons (Fsp3) is 0.333. The second-order valence-corrected chi connectivity index (χ2v) is 6.76. The van der Waals surface area contributed by atoms with Crippen molar-refractivity contribution in [2.24, 2.45) is 0 Å². The second-order valence-electron chi connectivity index (χ2n) is 6.35. The van der Waals surface area contributed by atoms with E-state index in [0.29, 0.717) is 5.69 Å². The van der Waals surface area contributed by atoms with Crippen LogP contribution in [0.15, 0.2) is 36.4 Å². The molecule has 0 bridgehead atoms. The number of anilines is 1. The smallest absolute Gasteiger partial charge is 0.339 e. The summed E-state index contributed by atoms with van der Waals surface area (Å²) < 4.78 is 10.7. The maximum Gasteiger partial charge on any atom is 0.339 e. The predicted octanol–water partition coefficient (Wildman–Crippen LogP) is 4.41. The summed E-state index contributed by atoms with van der Waals surface area (Å²) in [6.45, 7) is 1.91. The number of esters is 1. The molecule has 0 spiro atoms. The average molecular weight is 388 g/mol. The van der Waals surface area contributed by atoms with Gasteiger partial charge in [0.05, 0.1) is 17.2 Å². The molecule has 0 fully saturated rings. The largest absolute Gasteiger partial charge is 0.483 e. The molecule has 0 aromatic heterocycles. The van der Waals surface area contributed by atoms with Crippen molar-refractivity contribution in [2.75, 3.05) is 18.5 Å². The predicted molar refractivity (Wildman–Crippen MR) is 105 cm³/mol. The van der Waals surface area contributed by atoms with Gasteiger partial charge in [0.15, 0.2) is 6.61 Å². The van der Waals surface area contributed by atoms with Crippen LogP contribution in [0.2, 0.25) is 5.02 Å². The molecule has 0 aliphatic heterocycles. The molecule has 3 rings (SSSR count). The van der Waals surface area contributed by atoms with Gasteiger partial charge in [-0.25, -0.2) is 4.79 Å². The topological polar surface area (TPSA) is 64.6 Å². The molecule has 0 heterocycles. The first-order chi connectivity index (χ1) is 13.1. The molecular weight excluding hydrogens is 366 g/mol. The van der Waals surface area contributed by atoms with Crippen LogP contribution in [0.5, 0.6) is 5.75 Å². The Morgan fingerprint density at radius 3 is 2.74 bits per heavy atom. The summed E-state index contributed by atoms with van der Waals surface area (Å²) in [4.78, 5) is 24.0. The van der Waals surface area contributed by atoms with E-state index in [-0.39, 0.29) is 29.7 Å². The van der Waals surface area contributed by atoms with E-state index in [1.165, 1.54) is 29.7 Å². The van der Waals surface area contributed by atoms with Crippen LogP contribution in [0.4, 0.5) is 5.69 Å². The van der Waals surface area contributed by atoms with Crippen molar-refractivity contribution in [3.63, 3.8) is 0 Å². The number of rotatable bonds is 6. The summed E-state index contributed by atoms with van der Waals surface area (Å²) >= 11 is 6.11. The maximum absolute atomic E-state index is 12.2. The summed E-state index contributed by atoms with van der Waals surface area (Å²) in [5, 5.41) is 2.96. The lowest BCUT2D eigenvalue weighted by molar-refractivity contribution is -0.118. The summed E-state index contributed by atoms with van der Waals surface area (Å²) in [6, 6.07) is 10.7. The number of hydrogen-bond donors (Lipinski definition) is 1. The maximum atomic E-state index is 12.2. The highest BCUT2D eigenvalue weighted by Crippen LogP contribution is 2.29. The lowest BCUT2D eigenvalue weighted by Gasteiger charge is -2.19. The molecule has 0 saturated heterocycles. The highest BCUT2D eigenvalue weighted by Gasteiger charge is 2.16. The Kier molecular flexibility index (Phi) is 6.35. The van der Waals surface area contributed by atoms with Gasteiger partial charge in [-0.3, -0.25) is 4.79 Å². The Labute approximate surface area is 163 Å². The summed E-state index contributed by atoms with van der Waals surface area (Å²) in [7, 11) is 0. The van der Waals surface area contributed by atoms with Crippen LogP contribution in [-0.2, 0) is 22.4 Å².